The number of carbonyl (C=O) groups is 1. The highest BCUT2D eigenvalue weighted by atomic mass is 16.5. The normalized spacial score (nSPS) is 21.6. The highest BCUT2D eigenvalue weighted by Crippen LogP contribution is 2.47. The van der Waals surface area contributed by atoms with Gasteiger partial charge in [-0.25, -0.2) is 0 Å². The highest BCUT2D eigenvalue weighted by Gasteiger charge is 2.49. The van der Waals surface area contributed by atoms with Gasteiger partial charge in [-0.3, -0.25) is 4.79 Å². The van der Waals surface area contributed by atoms with Crippen LogP contribution >= 0.6 is 0 Å². The molecule has 1 aliphatic heterocycles. The summed E-state index contributed by atoms with van der Waals surface area (Å²) in [7, 11) is 1.56. The Balaban J connectivity index is 1.83. The van der Waals surface area contributed by atoms with E-state index in [9.17, 15) is 15.0 Å². The molecule has 7 nitrogen and oxygen atoms in total. The summed E-state index contributed by atoms with van der Waals surface area (Å²) in [5, 5.41) is 29.5. The van der Waals surface area contributed by atoms with Crippen molar-refractivity contribution in [2.24, 2.45) is 5.41 Å². The van der Waals surface area contributed by atoms with Crippen molar-refractivity contribution in [3.05, 3.63) is 59.7 Å². The van der Waals surface area contributed by atoms with Crippen molar-refractivity contribution in [3.8, 4) is 23.3 Å². The third-order valence-corrected chi connectivity index (χ3v) is 6.35. The molecule has 1 fully saturated rings. The molecule has 1 amide bonds. The van der Waals surface area contributed by atoms with Crippen LogP contribution in [0.25, 0.3) is 0 Å². The zero-order valence-corrected chi connectivity index (χ0v) is 19.2. The second-order valence-corrected chi connectivity index (χ2v) is 8.52. The fraction of sp³-hybridized carbons (Fsp3) is 0.423. The van der Waals surface area contributed by atoms with Crippen molar-refractivity contribution in [1.82, 2.24) is 4.90 Å². The maximum absolute atomic E-state index is 12.5. The highest BCUT2D eigenvalue weighted by molar-refractivity contribution is 5.81. The predicted octanol–water partition coefficient (Wildman–Crippen LogP) is 1.79. The SMILES string of the molecule is COc1ccc([C@@H]2CN(C(=O)[C@@H](O)CO)C[C@@]2(C)[C@@H](C)O)cc1OCC#Cc1ccccc1. The van der Waals surface area contributed by atoms with Gasteiger partial charge in [-0.2, -0.15) is 0 Å². The van der Waals surface area contributed by atoms with Crippen molar-refractivity contribution < 1.29 is 29.6 Å². The van der Waals surface area contributed by atoms with Gasteiger partial charge in [0.15, 0.2) is 17.6 Å². The average molecular weight is 454 g/mol. The van der Waals surface area contributed by atoms with E-state index >= 15 is 0 Å². The van der Waals surface area contributed by atoms with E-state index in [0.29, 0.717) is 18.0 Å². The number of ether oxygens (including phenoxy) is 2. The van der Waals surface area contributed by atoms with Gasteiger partial charge in [-0.05, 0) is 36.8 Å². The summed E-state index contributed by atoms with van der Waals surface area (Å²) in [5.74, 6) is 6.36. The van der Waals surface area contributed by atoms with Crippen molar-refractivity contribution in [1.29, 1.82) is 0 Å². The molecule has 2 aromatic carbocycles. The van der Waals surface area contributed by atoms with E-state index in [1.54, 1.807) is 20.1 Å². The maximum atomic E-state index is 12.5. The first kappa shape index (κ1) is 24.6. The fourth-order valence-corrected chi connectivity index (χ4v) is 4.18. The number of amides is 1. The molecule has 1 saturated heterocycles. The zero-order chi connectivity index (χ0) is 24.0. The zero-order valence-electron chi connectivity index (χ0n) is 19.2. The molecule has 176 valence electrons. The topological polar surface area (TPSA) is 99.5 Å². The maximum Gasteiger partial charge on any atom is 0.253 e. The number of methoxy groups -OCH3 is 1. The molecule has 0 bridgehead atoms. The molecule has 0 unspecified atom stereocenters. The smallest absolute Gasteiger partial charge is 0.253 e. The number of aliphatic hydroxyl groups is 3. The van der Waals surface area contributed by atoms with Gasteiger partial charge in [-0.15, -0.1) is 0 Å². The van der Waals surface area contributed by atoms with E-state index in [1.165, 1.54) is 4.90 Å². The van der Waals surface area contributed by atoms with Crippen LogP contribution in [0.3, 0.4) is 0 Å². The minimum atomic E-state index is -1.47. The number of nitrogens with zero attached hydrogens (tertiary/aromatic N) is 1. The van der Waals surface area contributed by atoms with Gasteiger partial charge in [0, 0.05) is 30.0 Å². The number of hydrogen-bond acceptors (Lipinski definition) is 6. The second kappa shape index (κ2) is 10.7. The lowest BCUT2D eigenvalue weighted by Crippen LogP contribution is -2.42. The van der Waals surface area contributed by atoms with Gasteiger partial charge >= 0.3 is 0 Å². The van der Waals surface area contributed by atoms with Gasteiger partial charge in [0.25, 0.3) is 5.91 Å². The molecule has 0 aliphatic carbocycles. The van der Waals surface area contributed by atoms with Crippen molar-refractivity contribution >= 4 is 5.91 Å². The minimum absolute atomic E-state index is 0.167. The van der Waals surface area contributed by atoms with Gasteiger partial charge in [0.1, 0.15) is 6.61 Å². The van der Waals surface area contributed by atoms with Crippen LogP contribution in [0.15, 0.2) is 48.5 Å². The van der Waals surface area contributed by atoms with Crippen LogP contribution in [-0.2, 0) is 4.79 Å². The first-order valence-corrected chi connectivity index (χ1v) is 10.9. The Morgan fingerprint density at radius 1 is 1.21 bits per heavy atom. The summed E-state index contributed by atoms with van der Waals surface area (Å²) in [5.41, 5.74) is 1.12. The molecular weight excluding hydrogens is 422 g/mol. The van der Waals surface area contributed by atoms with E-state index in [0.717, 1.165) is 11.1 Å². The number of aliphatic hydroxyl groups excluding tert-OH is 3. The van der Waals surface area contributed by atoms with Crippen LogP contribution in [0, 0.1) is 17.3 Å². The van der Waals surface area contributed by atoms with Gasteiger partial charge in [0.05, 0.1) is 19.8 Å². The summed E-state index contributed by atoms with van der Waals surface area (Å²) in [6.07, 6.45) is -2.19. The molecule has 0 spiro atoms. The van der Waals surface area contributed by atoms with Gasteiger partial charge in [-0.1, -0.05) is 43.0 Å². The van der Waals surface area contributed by atoms with Crippen molar-refractivity contribution in [2.75, 3.05) is 33.4 Å². The monoisotopic (exact) mass is 453 g/mol. The molecule has 1 aliphatic rings. The largest absolute Gasteiger partial charge is 0.493 e. The molecule has 4 atom stereocenters. The Kier molecular flexibility index (Phi) is 7.98. The Hall–Kier alpha value is -3.05. The lowest BCUT2D eigenvalue weighted by Gasteiger charge is -2.34. The first-order chi connectivity index (χ1) is 15.8. The van der Waals surface area contributed by atoms with E-state index < -0.39 is 30.1 Å². The van der Waals surface area contributed by atoms with Crippen LogP contribution in [-0.4, -0.2) is 71.7 Å². The molecule has 3 N–H and O–H groups in total. The van der Waals surface area contributed by atoms with Crippen LogP contribution in [0.1, 0.15) is 30.9 Å². The summed E-state index contributed by atoms with van der Waals surface area (Å²) in [6.45, 7) is 3.70. The molecule has 0 aromatic heterocycles. The Morgan fingerprint density at radius 3 is 2.58 bits per heavy atom. The second-order valence-electron chi connectivity index (χ2n) is 8.52. The summed E-state index contributed by atoms with van der Waals surface area (Å²) in [4.78, 5) is 14.0. The third-order valence-electron chi connectivity index (χ3n) is 6.35. The van der Waals surface area contributed by atoms with Gasteiger partial charge in [0.2, 0.25) is 0 Å². The van der Waals surface area contributed by atoms with Crippen LogP contribution in [0.4, 0.5) is 0 Å². The number of hydrogen-bond donors (Lipinski definition) is 3. The molecule has 1 heterocycles. The molecule has 0 radical (unpaired) electrons. The average Bonchev–Trinajstić information content (AvgIpc) is 3.20. The lowest BCUT2D eigenvalue weighted by atomic mass is 9.72. The third kappa shape index (κ3) is 5.48. The Labute approximate surface area is 194 Å². The minimum Gasteiger partial charge on any atom is -0.493 e. The van der Waals surface area contributed by atoms with Crippen molar-refractivity contribution in [2.45, 2.75) is 32.0 Å². The van der Waals surface area contributed by atoms with E-state index in [2.05, 4.69) is 11.8 Å². The fourth-order valence-electron chi connectivity index (χ4n) is 4.18. The molecular formula is C26H31NO6. The summed E-state index contributed by atoms with van der Waals surface area (Å²) >= 11 is 0. The van der Waals surface area contributed by atoms with Crippen LogP contribution < -0.4 is 9.47 Å². The molecule has 2 aromatic rings. The first-order valence-electron chi connectivity index (χ1n) is 10.9. The molecule has 0 saturated carbocycles. The standard InChI is InChI=1S/C26H31NO6/c1-18(29)26(2)17-27(25(31)22(30)16-28)15-21(26)20-11-12-23(32-3)24(14-20)33-13-7-10-19-8-5-4-6-9-19/h4-6,8-9,11-12,14,18,21-22,28-30H,13,15-17H2,1-3H3/t18-,21+,22+,26+/m1/s1. The Bertz CT molecular complexity index is 1010. The number of rotatable bonds is 7. The summed E-state index contributed by atoms with van der Waals surface area (Å²) < 4.78 is 11.3. The summed E-state index contributed by atoms with van der Waals surface area (Å²) in [6, 6.07) is 15.2. The quantitative estimate of drug-likeness (QED) is 0.553. The lowest BCUT2D eigenvalue weighted by molar-refractivity contribution is -0.141. The van der Waals surface area contributed by atoms with Crippen LogP contribution in [0.2, 0.25) is 0 Å². The van der Waals surface area contributed by atoms with Crippen molar-refractivity contribution in [3.63, 3.8) is 0 Å². The van der Waals surface area contributed by atoms with E-state index in [-0.39, 0.29) is 19.1 Å². The molecule has 7 heteroatoms. The van der Waals surface area contributed by atoms with E-state index in [1.807, 2.05) is 49.4 Å². The number of carbonyl (C=O) groups excluding carboxylic acids is 1. The number of likely N-dealkylation sites (tertiary alicyclic amines) is 1. The van der Waals surface area contributed by atoms with E-state index in [4.69, 9.17) is 14.6 Å². The molecule has 3 rings (SSSR count). The number of benzene rings is 2. The predicted molar refractivity (Wildman–Crippen MR) is 124 cm³/mol. The molecule has 33 heavy (non-hydrogen) atoms. The Morgan fingerprint density at radius 2 is 1.94 bits per heavy atom. The van der Waals surface area contributed by atoms with Gasteiger partial charge < -0.3 is 29.7 Å². The van der Waals surface area contributed by atoms with Crippen LogP contribution in [0.5, 0.6) is 11.5 Å².